The van der Waals surface area contributed by atoms with Crippen molar-refractivity contribution in [3.63, 3.8) is 0 Å². The first kappa shape index (κ1) is 16.4. The Hall–Kier alpha value is -1.01. The quantitative estimate of drug-likeness (QED) is 0.889. The SMILES string of the molecule is CCSC1CCCCC1NCc1cc(=O)n(C)c(=O)n1C. The van der Waals surface area contributed by atoms with E-state index in [1.807, 2.05) is 11.8 Å². The van der Waals surface area contributed by atoms with Crippen LogP contribution < -0.4 is 16.6 Å². The molecule has 0 radical (unpaired) electrons. The highest BCUT2D eigenvalue weighted by atomic mass is 32.2. The molecule has 0 saturated heterocycles. The summed E-state index contributed by atoms with van der Waals surface area (Å²) in [4.78, 5) is 23.7. The first-order chi connectivity index (χ1) is 10.0. The van der Waals surface area contributed by atoms with Crippen molar-refractivity contribution in [2.45, 2.75) is 50.4 Å². The Morgan fingerprint density at radius 1 is 1.24 bits per heavy atom. The summed E-state index contributed by atoms with van der Waals surface area (Å²) in [6.45, 7) is 2.77. The Morgan fingerprint density at radius 3 is 2.67 bits per heavy atom. The molecule has 1 heterocycles. The van der Waals surface area contributed by atoms with Gasteiger partial charge in [0.05, 0.1) is 0 Å². The van der Waals surface area contributed by atoms with Crippen molar-refractivity contribution in [1.29, 1.82) is 0 Å². The van der Waals surface area contributed by atoms with Gasteiger partial charge < -0.3 is 5.32 Å². The molecule has 1 aliphatic carbocycles. The highest BCUT2D eigenvalue weighted by molar-refractivity contribution is 7.99. The number of aromatic nitrogens is 2. The van der Waals surface area contributed by atoms with Gasteiger partial charge >= 0.3 is 5.69 Å². The largest absolute Gasteiger partial charge is 0.330 e. The third kappa shape index (κ3) is 3.80. The van der Waals surface area contributed by atoms with Gasteiger partial charge in [-0.25, -0.2) is 4.79 Å². The second kappa shape index (κ2) is 7.31. The van der Waals surface area contributed by atoms with Crippen molar-refractivity contribution in [2.75, 3.05) is 5.75 Å². The molecule has 0 amide bonds. The monoisotopic (exact) mass is 311 g/mol. The molecule has 2 atom stereocenters. The molecule has 6 heteroatoms. The molecular formula is C15H25N3O2S. The number of rotatable bonds is 5. The lowest BCUT2D eigenvalue weighted by atomic mass is 9.95. The molecule has 1 aromatic heterocycles. The summed E-state index contributed by atoms with van der Waals surface area (Å²) in [5, 5.41) is 4.20. The lowest BCUT2D eigenvalue weighted by molar-refractivity contribution is 0.378. The molecule has 0 spiro atoms. The molecule has 2 unspecified atom stereocenters. The fourth-order valence-electron chi connectivity index (χ4n) is 2.93. The van der Waals surface area contributed by atoms with Gasteiger partial charge in [-0.05, 0) is 18.6 Å². The van der Waals surface area contributed by atoms with E-state index in [4.69, 9.17) is 0 Å². The summed E-state index contributed by atoms with van der Waals surface area (Å²) in [7, 11) is 3.23. The zero-order chi connectivity index (χ0) is 15.4. The first-order valence-corrected chi connectivity index (χ1v) is 8.70. The van der Waals surface area contributed by atoms with Gasteiger partial charge in [0.2, 0.25) is 0 Å². The van der Waals surface area contributed by atoms with Crippen LogP contribution in [0.25, 0.3) is 0 Å². The Labute approximate surface area is 129 Å². The Kier molecular flexibility index (Phi) is 5.70. The normalized spacial score (nSPS) is 22.4. The number of hydrogen-bond donors (Lipinski definition) is 1. The van der Waals surface area contributed by atoms with Gasteiger partial charge in [0.1, 0.15) is 0 Å². The average molecular weight is 311 g/mol. The second-order valence-electron chi connectivity index (χ2n) is 5.64. The van der Waals surface area contributed by atoms with E-state index in [-0.39, 0.29) is 11.2 Å². The Balaban J connectivity index is 2.09. The lowest BCUT2D eigenvalue weighted by Gasteiger charge is -2.32. The summed E-state index contributed by atoms with van der Waals surface area (Å²) in [5.41, 5.74) is 0.259. The average Bonchev–Trinajstić information content (AvgIpc) is 2.49. The van der Waals surface area contributed by atoms with E-state index in [9.17, 15) is 9.59 Å². The third-order valence-electron chi connectivity index (χ3n) is 4.25. The van der Waals surface area contributed by atoms with Crippen LogP contribution in [-0.2, 0) is 20.6 Å². The van der Waals surface area contributed by atoms with Crippen LogP contribution in [0, 0.1) is 0 Å². The predicted octanol–water partition coefficient (Wildman–Crippen LogP) is 1.24. The van der Waals surface area contributed by atoms with E-state index >= 15 is 0 Å². The smallest absolute Gasteiger partial charge is 0.307 e. The molecule has 5 nitrogen and oxygen atoms in total. The van der Waals surface area contributed by atoms with Crippen LogP contribution in [0.2, 0.25) is 0 Å². The molecule has 21 heavy (non-hydrogen) atoms. The van der Waals surface area contributed by atoms with Gasteiger partial charge in [-0.2, -0.15) is 11.8 Å². The highest BCUT2D eigenvalue weighted by Gasteiger charge is 2.24. The fourth-order valence-corrected chi connectivity index (χ4v) is 4.15. The Morgan fingerprint density at radius 2 is 1.95 bits per heavy atom. The topological polar surface area (TPSA) is 56.0 Å². The van der Waals surface area contributed by atoms with Crippen LogP contribution in [-0.4, -0.2) is 26.2 Å². The van der Waals surface area contributed by atoms with Crippen molar-refractivity contribution >= 4 is 11.8 Å². The van der Waals surface area contributed by atoms with Crippen LogP contribution in [0.5, 0.6) is 0 Å². The molecule has 2 rings (SSSR count). The first-order valence-electron chi connectivity index (χ1n) is 7.65. The maximum atomic E-state index is 11.9. The molecule has 0 aromatic carbocycles. The molecule has 1 fully saturated rings. The van der Waals surface area contributed by atoms with Crippen LogP contribution in [0.4, 0.5) is 0 Å². The van der Waals surface area contributed by atoms with Crippen LogP contribution in [0.1, 0.15) is 38.3 Å². The Bertz CT molecular complexity index is 592. The van der Waals surface area contributed by atoms with E-state index < -0.39 is 0 Å². The van der Waals surface area contributed by atoms with Crippen LogP contribution in [0.3, 0.4) is 0 Å². The lowest BCUT2D eigenvalue weighted by Crippen LogP contribution is -2.43. The summed E-state index contributed by atoms with van der Waals surface area (Å²) in [5.74, 6) is 1.13. The van der Waals surface area contributed by atoms with Crippen molar-refractivity contribution in [1.82, 2.24) is 14.5 Å². The maximum Gasteiger partial charge on any atom is 0.330 e. The molecule has 1 aromatic rings. The van der Waals surface area contributed by atoms with E-state index in [2.05, 4.69) is 12.2 Å². The number of hydrogen-bond acceptors (Lipinski definition) is 4. The highest BCUT2D eigenvalue weighted by Crippen LogP contribution is 2.28. The molecule has 0 bridgehead atoms. The third-order valence-corrected chi connectivity index (χ3v) is 5.58. The van der Waals surface area contributed by atoms with E-state index in [0.29, 0.717) is 17.8 Å². The van der Waals surface area contributed by atoms with Crippen molar-refractivity contribution in [3.8, 4) is 0 Å². The second-order valence-corrected chi connectivity index (χ2v) is 7.16. The van der Waals surface area contributed by atoms with Crippen molar-refractivity contribution in [3.05, 3.63) is 32.6 Å². The number of thioether (sulfide) groups is 1. The number of nitrogens with zero attached hydrogens (tertiary/aromatic N) is 2. The molecule has 1 saturated carbocycles. The number of nitrogens with one attached hydrogen (secondary N) is 1. The van der Waals surface area contributed by atoms with Gasteiger partial charge in [-0.1, -0.05) is 19.8 Å². The van der Waals surface area contributed by atoms with Crippen molar-refractivity contribution in [2.24, 2.45) is 14.1 Å². The minimum atomic E-state index is -0.262. The van der Waals surface area contributed by atoms with Gasteiger partial charge in [0, 0.05) is 43.7 Å². The standard InChI is InChI=1S/C15H25N3O2S/c1-4-21-13-8-6-5-7-12(13)16-10-11-9-14(19)18(3)15(20)17(11)2/h9,12-13,16H,4-8,10H2,1-3H3. The van der Waals surface area contributed by atoms with E-state index in [1.54, 1.807) is 17.7 Å². The fraction of sp³-hybridized carbons (Fsp3) is 0.733. The molecule has 1 N–H and O–H groups in total. The zero-order valence-electron chi connectivity index (χ0n) is 13.1. The van der Waals surface area contributed by atoms with Gasteiger partial charge in [-0.3, -0.25) is 13.9 Å². The summed E-state index contributed by atoms with van der Waals surface area (Å²) in [6, 6.07) is 2.03. The summed E-state index contributed by atoms with van der Waals surface area (Å²) in [6.07, 6.45) is 5.00. The van der Waals surface area contributed by atoms with Crippen LogP contribution in [0.15, 0.2) is 15.7 Å². The maximum absolute atomic E-state index is 11.9. The molecule has 118 valence electrons. The zero-order valence-corrected chi connectivity index (χ0v) is 13.9. The molecular weight excluding hydrogens is 286 g/mol. The minimum Gasteiger partial charge on any atom is -0.307 e. The predicted molar refractivity (Wildman–Crippen MR) is 87.9 cm³/mol. The molecule has 0 aliphatic heterocycles. The van der Waals surface area contributed by atoms with Gasteiger partial charge in [-0.15, -0.1) is 0 Å². The van der Waals surface area contributed by atoms with E-state index in [1.165, 1.54) is 32.7 Å². The van der Waals surface area contributed by atoms with Gasteiger partial charge in [0.15, 0.2) is 0 Å². The van der Waals surface area contributed by atoms with E-state index in [0.717, 1.165) is 16.0 Å². The van der Waals surface area contributed by atoms with Gasteiger partial charge in [0.25, 0.3) is 5.56 Å². The minimum absolute atomic E-state index is 0.238. The van der Waals surface area contributed by atoms with Crippen molar-refractivity contribution < 1.29 is 0 Å². The summed E-state index contributed by atoms with van der Waals surface area (Å²) >= 11 is 2.01. The molecule has 1 aliphatic rings. The van der Waals surface area contributed by atoms with Crippen LogP contribution >= 0.6 is 11.8 Å². The summed E-state index contributed by atoms with van der Waals surface area (Å²) < 4.78 is 2.69.